The molecule has 0 aliphatic heterocycles. The van der Waals surface area contributed by atoms with Crippen molar-refractivity contribution >= 4 is 28.3 Å². The van der Waals surface area contributed by atoms with E-state index in [2.05, 4.69) is 14.3 Å². The number of pyridine rings is 1. The molecule has 0 radical (unpaired) electrons. The lowest BCUT2D eigenvalue weighted by Crippen LogP contribution is -1.90. The SMILES string of the molecule is Nc1nc(-c2cccc(-c3ccc(Cl)cc3)n2)ns1. The molecule has 2 aromatic heterocycles. The molecule has 4 nitrogen and oxygen atoms in total. The second-order valence-electron chi connectivity index (χ2n) is 3.87. The minimum Gasteiger partial charge on any atom is -0.374 e. The molecule has 2 heterocycles. The van der Waals surface area contributed by atoms with E-state index in [1.807, 2.05) is 42.5 Å². The second kappa shape index (κ2) is 4.95. The summed E-state index contributed by atoms with van der Waals surface area (Å²) in [5.74, 6) is 0.554. The van der Waals surface area contributed by atoms with Crippen LogP contribution in [0.15, 0.2) is 42.5 Å². The van der Waals surface area contributed by atoms with E-state index in [4.69, 9.17) is 17.3 Å². The Morgan fingerprint density at radius 1 is 0.947 bits per heavy atom. The van der Waals surface area contributed by atoms with Crippen LogP contribution in [-0.2, 0) is 0 Å². The number of aromatic nitrogens is 3. The maximum absolute atomic E-state index is 5.88. The molecule has 2 N–H and O–H groups in total. The molecule has 0 aliphatic rings. The number of benzene rings is 1. The standard InChI is InChI=1S/C13H9ClN4S/c14-9-6-4-8(5-7-9)10-2-1-3-11(16-10)12-17-13(15)19-18-12/h1-7H,(H2,15,17,18). The minimum absolute atomic E-state index is 0.439. The number of hydrogen-bond acceptors (Lipinski definition) is 5. The predicted octanol–water partition coefficient (Wildman–Crippen LogP) is 3.50. The molecule has 19 heavy (non-hydrogen) atoms. The molecule has 3 aromatic rings. The molecule has 6 heteroatoms. The molecule has 0 aliphatic carbocycles. The molecule has 0 amide bonds. The molecule has 0 spiro atoms. The first kappa shape index (κ1) is 12.1. The molecule has 0 bridgehead atoms. The molecule has 3 rings (SSSR count). The van der Waals surface area contributed by atoms with Crippen molar-refractivity contribution in [2.75, 3.05) is 5.73 Å². The number of nitrogen functional groups attached to an aromatic ring is 1. The largest absolute Gasteiger partial charge is 0.374 e. The number of nitrogens with zero attached hydrogens (tertiary/aromatic N) is 3. The van der Waals surface area contributed by atoms with Gasteiger partial charge in [-0.3, -0.25) is 0 Å². The van der Waals surface area contributed by atoms with Gasteiger partial charge in [-0.2, -0.15) is 9.36 Å². The molecule has 0 unspecified atom stereocenters. The fourth-order valence-corrected chi connectivity index (χ4v) is 2.25. The molecule has 0 saturated carbocycles. The number of rotatable bonds is 2. The summed E-state index contributed by atoms with van der Waals surface area (Å²) >= 11 is 7.04. The van der Waals surface area contributed by atoms with Gasteiger partial charge in [-0.1, -0.05) is 29.8 Å². The fraction of sp³-hybridized carbons (Fsp3) is 0. The predicted molar refractivity (Wildman–Crippen MR) is 78.0 cm³/mol. The van der Waals surface area contributed by atoms with Gasteiger partial charge in [0.2, 0.25) is 0 Å². The summed E-state index contributed by atoms with van der Waals surface area (Å²) in [5.41, 5.74) is 8.14. The smallest absolute Gasteiger partial charge is 0.200 e. The van der Waals surface area contributed by atoms with E-state index >= 15 is 0 Å². The monoisotopic (exact) mass is 288 g/mol. The van der Waals surface area contributed by atoms with Crippen molar-refractivity contribution in [3.05, 3.63) is 47.5 Å². The van der Waals surface area contributed by atoms with Gasteiger partial charge in [-0.15, -0.1) is 0 Å². The van der Waals surface area contributed by atoms with Gasteiger partial charge in [0.1, 0.15) is 5.69 Å². The average molecular weight is 289 g/mol. The first-order chi connectivity index (χ1) is 9.22. The zero-order chi connectivity index (χ0) is 13.2. The highest BCUT2D eigenvalue weighted by Crippen LogP contribution is 2.23. The Hall–Kier alpha value is -1.98. The topological polar surface area (TPSA) is 64.7 Å². The van der Waals surface area contributed by atoms with E-state index in [0.29, 0.717) is 21.7 Å². The van der Waals surface area contributed by atoms with Crippen molar-refractivity contribution in [1.82, 2.24) is 14.3 Å². The fourth-order valence-electron chi connectivity index (χ4n) is 1.68. The van der Waals surface area contributed by atoms with Gasteiger partial charge in [0.05, 0.1) is 5.69 Å². The Bertz CT molecular complexity index is 709. The lowest BCUT2D eigenvalue weighted by Gasteiger charge is -2.02. The third-order valence-corrected chi connectivity index (χ3v) is 3.35. The summed E-state index contributed by atoms with van der Waals surface area (Å²) in [6.45, 7) is 0. The Kier molecular flexibility index (Phi) is 3.15. The molecule has 0 fully saturated rings. The highest BCUT2D eigenvalue weighted by molar-refractivity contribution is 7.09. The Morgan fingerprint density at radius 2 is 1.68 bits per heavy atom. The lowest BCUT2D eigenvalue weighted by atomic mass is 10.1. The Balaban J connectivity index is 2.02. The Morgan fingerprint density at radius 3 is 2.37 bits per heavy atom. The van der Waals surface area contributed by atoms with Crippen molar-refractivity contribution in [2.45, 2.75) is 0 Å². The normalized spacial score (nSPS) is 10.6. The van der Waals surface area contributed by atoms with Crippen molar-refractivity contribution in [3.63, 3.8) is 0 Å². The zero-order valence-corrected chi connectivity index (χ0v) is 11.3. The summed E-state index contributed by atoms with van der Waals surface area (Å²) in [5, 5.41) is 1.14. The molecule has 94 valence electrons. The van der Waals surface area contributed by atoms with Crippen LogP contribution in [0.4, 0.5) is 5.13 Å². The molecular weight excluding hydrogens is 280 g/mol. The van der Waals surface area contributed by atoms with E-state index < -0.39 is 0 Å². The van der Waals surface area contributed by atoms with Crippen LogP contribution in [0.1, 0.15) is 0 Å². The molecule has 0 atom stereocenters. The minimum atomic E-state index is 0.439. The van der Waals surface area contributed by atoms with Crippen molar-refractivity contribution < 1.29 is 0 Å². The number of halogens is 1. The van der Waals surface area contributed by atoms with Gasteiger partial charge in [0.25, 0.3) is 0 Å². The van der Waals surface area contributed by atoms with E-state index in [-0.39, 0.29) is 0 Å². The summed E-state index contributed by atoms with van der Waals surface area (Å²) in [4.78, 5) is 8.67. The van der Waals surface area contributed by atoms with E-state index in [0.717, 1.165) is 22.8 Å². The zero-order valence-electron chi connectivity index (χ0n) is 9.75. The summed E-state index contributed by atoms with van der Waals surface area (Å²) in [6.07, 6.45) is 0. The van der Waals surface area contributed by atoms with E-state index in [9.17, 15) is 0 Å². The van der Waals surface area contributed by atoms with Crippen LogP contribution < -0.4 is 5.73 Å². The van der Waals surface area contributed by atoms with Crippen LogP contribution in [0.3, 0.4) is 0 Å². The van der Waals surface area contributed by atoms with Crippen LogP contribution in [0.25, 0.3) is 22.8 Å². The molecule has 0 saturated heterocycles. The van der Waals surface area contributed by atoms with Gasteiger partial charge < -0.3 is 5.73 Å². The quantitative estimate of drug-likeness (QED) is 0.784. The summed E-state index contributed by atoms with van der Waals surface area (Å²) in [7, 11) is 0. The maximum Gasteiger partial charge on any atom is 0.200 e. The van der Waals surface area contributed by atoms with E-state index in [1.54, 1.807) is 0 Å². The van der Waals surface area contributed by atoms with Crippen molar-refractivity contribution in [2.24, 2.45) is 0 Å². The highest BCUT2D eigenvalue weighted by atomic mass is 35.5. The summed E-state index contributed by atoms with van der Waals surface area (Å²) in [6, 6.07) is 13.2. The first-order valence-electron chi connectivity index (χ1n) is 5.55. The second-order valence-corrected chi connectivity index (χ2v) is 5.09. The van der Waals surface area contributed by atoms with Gasteiger partial charge >= 0.3 is 0 Å². The maximum atomic E-state index is 5.88. The molecular formula is C13H9ClN4S. The van der Waals surface area contributed by atoms with Crippen LogP contribution >= 0.6 is 23.1 Å². The Labute approximate surface area is 119 Å². The van der Waals surface area contributed by atoms with Crippen LogP contribution in [-0.4, -0.2) is 14.3 Å². The summed E-state index contributed by atoms with van der Waals surface area (Å²) < 4.78 is 4.16. The lowest BCUT2D eigenvalue weighted by molar-refractivity contribution is 1.24. The average Bonchev–Trinajstić information content (AvgIpc) is 2.86. The van der Waals surface area contributed by atoms with E-state index in [1.165, 1.54) is 0 Å². The molecule has 1 aromatic carbocycles. The van der Waals surface area contributed by atoms with Gasteiger partial charge in [0, 0.05) is 22.1 Å². The number of hydrogen-bond donors (Lipinski definition) is 1. The van der Waals surface area contributed by atoms with Crippen LogP contribution in [0.2, 0.25) is 5.02 Å². The van der Waals surface area contributed by atoms with Crippen LogP contribution in [0, 0.1) is 0 Å². The third kappa shape index (κ3) is 2.57. The van der Waals surface area contributed by atoms with Gasteiger partial charge in [-0.25, -0.2) is 4.98 Å². The van der Waals surface area contributed by atoms with Gasteiger partial charge in [-0.05, 0) is 24.3 Å². The van der Waals surface area contributed by atoms with Crippen molar-refractivity contribution in [3.8, 4) is 22.8 Å². The van der Waals surface area contributed by atoms with Crippen molar-refractivity contribution in [1.29, 1.82) is 0 Å². The number of anilines is 1. The highest BCUT2D eigenvalue weighted by Gasteiger charge is 2.07. The van der Waals surface area contributed by atoms with Gasteiger partial charge in [0.15, 0.2) is 11.0 Å². The van der Waals surface area contributed by atoms with Crippen LogP contribution in [0.5, 0.6) is 0 Å². The third-order valence-electron chi connectivity index (χ3n) is 2.56. The first-order valence-corrected chi connectivity index (χ1v) is 6.70. The number of nitrogens with two attached hydrogens (primary N) is 1.